The summed E-state index contributed by atoms with van der Waals surface area (Å²) >= 11 is 0. The third kappa shape index (κ3) is 5.12. The molecular formula is C30H33N5O2. The van der Waals surface area contributed by atoms with Gasteiger partial charge in [-0.2, -0.15) is 0 Å². The van der Waals surface area contributed by atoms with Gasteiger partial charge >= 0.3 is 0 Å². The molecule has 5 rings (SSSR count). The number of nitrogens with zero attached hydrogens (tertiary/aromatic N) is 4. The normalized spacial score (nSPS) is 15.6. The van der Waals surface area contributed by atoms with Gasteiger partial charge in [-0.05, 0) is 54.7 Å². The van der Waals surface area contributed by atoms with Gasteiger partial charge in [0.05, 0.1) is 23.1 Å². The fourth-order valence-corrected chi connectivity index (χ4v) is 5.50. The fourth-order valence-electron chi connectivity index (χ4n) is 5.50. The average molecular weight is 496 g/mol. The van der Waals surface area contributed by atoms with E-state index in [0.29, 0.717) is 42.3 Å². The fraction of sp³-hybridized carbons (Fsp3) is 0.333. The zero-order valence-corrected chi connectivity index (χ0v) is 21.7. The SMILES string of the molecule is CCc1nc2cc(NC(C)=O)cc(C(=O)N3CCC[C@H](c4ccccc4C)C3)c2n1Cc1cccnc1. The van der Waals surface area contributed by atoms with E-state index in [4.69, 9.17) is 4.98 Å². The zero-order chi connectivity index (χ0) is 25.9. The molecule has 37 heavy (non-hydrogen) atoms. The second-order valence-electron chi connectivity index (χ2n) is 9.85. The van der Waals surface area contributed by atoms with E-state index in [1.165, 1.54) is 18.1 Å². The Labute approximate surface area is 217 Å². The molecule has 0 bridgehead atoms. The minimum atomic E-state index is -0.180. The van der Waals surface area contributed by atoms with Crippen LogP contribution in [0.4, 0.5) is 5.69 Å². The number of hydrogen-bond acceptors (Lipinski definition) is 4. The number of benzene rings is 2. The zero-order valence-electron chi connectivity index (χ0n) is 21.7. The highest BCUT2D eigenvalue weighted by atomic mass is 16.2. The summed E-state index contributed by atoms with van der Waals surface area (Å²) in [5.41, 5.74) is 6.29. The maximum absolute atomic E-state index is 14.2. The molecule has 3 heterocycles. The van der Waals surface area contributed by atoms with E-state index in [9.17, 15) is 9.59 Å². The summed E-state index contributed by atoms with van der Waals surface area (Å²) in [6.07, 6.45) is 6.34. The molecule has 1 saturated heterocycles. The number of aromatic nitrogens is 3. The van der Waals surface area contributed by atoms with Crippen LogP contribution < -0.4 is 5.32 Å². The van der Waals surface area contributed by atoms with E-state index in [1.54, 1.807) is 6.20 Å². The predicted molar refractivity (Wildman–Crippen MR) is 146 cm³/mol. The molecule has 190 valence electrons. The minimum absolute atomic E-state index is 0.0227. The van der Waals surface area contributed by atoms with Crippen LogP contribution in [-0.4, -0.2) is 44.3 Å². The molecule has 4 aromatic rings. The molecule has 7 nitrogen and oxygen atoms in total. The van der Waals surface area contributed by atoms with Crippen LogP contribution in [0.15, 0.2) is 60.9 Å². The Morgan fingerprint density at radius 3 is 2.70 bits per heavy atom. The van der Waals surface area contributed by atoms with Crippen molar-refractivity contribution in [3.63, 3.8) is 0 Å². The molecule has 1 aliphatic heterocycles. The highest BCUT2D eigenvalue weighted by Crippen LogP contribution is 2.32. The molecule has 2 aromatic heterocycles. The molecule has 0 radical (unpaired) electrons. The van der Waals surface area contributed by atoms with Crippen LogP contribution in [0.5, 0.6) is 0 Å². The van der Waals surface area contributed by atoms with Crippen molar-refractivity contribution in [2.24, 2.45) is 0 Å². The van der Waals surface area contributed by atoms with Gasteiger partial charge in [-0.3, -0.25) is 14.6 Å². The molecular weight excluding hydrogens is 462 g/mol. The number of carbonyl (C=O) groups excluding carboxylic acids is 2. The highest BCUT2D eigenvalue weighted by Gasteiger charge is 2.29. The van der Waals surface area contributed by atoms with Crippen molar-refractivity contribution in [1.29, 1.82) is 0 Å². The Hall–Kier alpha value is -4.00. The first-order valence-electron chi connectivity index (χ1n) is 13.0. The summed E-state index contributed by atoms with van der Waals surface area (Å²) < 4.78 is 2.12. The Kier molecular flexibility index (Phi) is 7.04. The van der Waals surface area contributed by atoms with Crippen molar-refractivity contribution in [2.45, 2.75) is 52.5 Å². The third-order valence-electron chi connectivity index (χ3n) is 7.19. The van der Waals surface area contributed by atoms with Crippen molar-refractivity contribution in [3.05, 3.63) is 89.0 Å². The molecule has 0 aliphatic carbocycles. The van der Waals surface area contributed by atoms with Crippen molar-refractivity contribution in [3.8, 4) is 0 Å². The number of aryl methyl sites for hydroxylation is 2. The smallest absolute Gasteiger partial charge is 0.256 e. The van der Waals surface area contributed by atoms with E-state index in [-0.39, 0.29) is 11.8 Å². The number of nitrogens with one attached hydrogen (secondary N) is 1. The van der Waals surface area contributed by atoms with Gasteiger partial charge in [0.1, 0.15) is 5.82 Å². The van der Waals surface area contributed by atoms with Gasteiger partial charge in [-0.1, -0.05) is 37.3 Å². The van der Waals surface area contributed by atoms with Crippen molar-refractivity contribution in [1.82, 2.24) is 19.4 Å². The molecule has 0 saturated carbocycles. The third-order valence-corrected chi connectivity index (χ3v) is 7.19. The minimum Gasteiger partial charge on any atom is -0.338 e. The van der Waals surface area contributed by atoms with Crippen LogP contribution in [0.25, 0.3) is 11.0 Å². The number of imidazole rings is 1. The lowest BCUT2D eigenvalue weighted by Crippen LogP contribution is -2.39. The lowest BCUT2D eigenvalue weighted by molar-refractivity contribution is -0.114. The monoisotopic (exact) mass is 495 g/mol. The first kappa shape index (κ1) is 24.7. The first-order valence-corrected chi connectivity index (χ1v) is 13.0. The summed E-state index contributed by atoms with van der Waals surface area (Å²) in [6.45, 7) is 7.63. The number of anilines is 1. The summed E-state index contributed by atoms with van der Waals surface area (Å²) in [5.74, 6) is 0.995. The quantitative estimate of drug-likeness (QED) is 0.392. The van der Waals surface area contributed by atoms with Gasteiger partial charge in [0.25, 0.3) is 5.91 Å². The highest BCUT2D eigenvalue weighted by molar-refractivity contribution is 6.07. The van der Waals surface area contributed by atoms with Gasteiger partial charge in [-0.15, -0.1) is 0 Å². The van der Waals surface area contributed by atoms with E-state index < -0.39 is 0 Å². The van der Waals surface area contributed by atoms with Gasteiger partial charge < -0.3 is 14.8 Å². The molecule has 1 aliphatic rings. The van der Waals surface area contributed by atoms with E-state index in [1.807, 2.05) is 35.4 Å². The number of rotatable bonds is 6. The van der Waals surface area contributed by atoms with Crippen molar-refractivity contribution in [2.75, 3.05) is 18.4 Å². The Morgan fingerprint density at radius 1 is 1.14 bits per heavy atom. The molecule has 0 spiro atoms. The van der Waals surface area contributed by atoms with Crippen LogP contribution in [0.2, 0.25) is 0 Å². The van der Waals surface area contributed by atoms with Crippen LogP contribution in [0.1, 0.15) is 65.5 Å². The number of carbonyl (C=O) groups is 2. The maximum atomic E-state index is 14.2. The van der Waals surface area contributed by atoms with Crippen molar-refractivity contribution >= 4 is 28.5 Å². The Balaban J connectivity index is 1.58. The van der Waals surface area contributed by atoms with Crippen molar-refractivity contribution < 1.29 is 9.59 Å². The van der Waals surface area contributed by atoms with E-state index in [0.717, 1.165) is 36.2 Å². The lowest BCUT2D eigenvalue weighted by Gasteiger charge is -2.34. The molecule has 7 heteroatoms. The second kappa shape index (κ2) is 10.5. The summed E-state index contributed by atoms with van der Waals surface area (Å²) in [4.78, 5) is 37.2. The molecule has 0 unspecified atom stereocenters. The molecule has 1 atom stereocenters. The molecule has 1 N–H and O–H groups in total. The summed E-state index contributed by atoms with van der Waals surface area (Å²) in [7, 11) is 0. The maximum Gasteiger partial charge on any atom is 0.256 e. The van der Waals surface area contributed by atoms with Gasteiger partial charge in [-0.25, -0.2) is 4.98 Å². The number of fused-ring (bicyclic) bond motifs is 1. The Morgan fingerprint density at radius 2 is 1.97 bits per heavy atom. The molecule has 1 fully saturated rings. The molecule has 2 aromatic carbocycles. The van der Waals surface area contributed by atoms with E-state index >= 15 is 0 Å². The molecule has 2 amide bonds. The van der Waals surface area contributed by atoms with Crippen LogP contribution in [0.3, 0.4) is 0 Å². The second-order valence-corrected chi connectivity index (χ2v) is 9.85. The number of amides is 2. The summed E-state index contributed by atoms with van der Waals surface area (Å²) in [5, 5.41) is 2.86. The van der Waals surface area contributed by atoms with Gasteiger partial charge in [0, 0.05) is 50.4 Å². The number of pyridine rings is 1. The number of hydrogen-bond donors (Lipinski definition) is 1. The van der Waals surface area contributed by atoms with Gasteiger partial charge in [0.2, 0.25) is 5.91 Å². The number of piperidine rings is 1. The Bertz CT molecular complexity index is 1440. The predicted octanol–water partition coefficient (Wildman–Crippen LogP) is 5.33. The van der Waals surface area contributed by atoms with Crippen LogP contribution in [-0.2, 0) is 17.8 Å². The largest absolute Gasteiger partial charge is 0.338 e. The standard InChI is InChI=1S/C30H33N5O2/c1-4-28-33-27-16-24(32-21(3)36)15-26(29(27)35(28)18-22-10-7-13-31-17-22)30(37)34-14-8-11-23(19-34)25-12-6-5-9-20(25)2/h5-7,9-10,12-13,15-17,23H,4,8,11,14,18-19H2,1-3H3,(H,32,36)/t23-/m0/s1. The van der Waals surface area contributed by atoms with Crippen LogP contribution >= 0.6 is 0 Å². The van der Waals surface area contributed by atoms with Gasteiger partial charge in [0.15, 0.2) is 0 Å². The van der Waals surface area contributed by atoms with E-state index in [2.05, 4.69) is 53.0 Å². The topological polar surface area (TPSA) is 80.1 Å². The first-order chi connectivity index (χ1) is 17.9. The van der Waals surface area contributed by atoms with Crippen LogP contribution in [0, 0.1) is 6.92 Å². The summed E-state index contributed by atoms with van der Waals surface area (Å²) in [6, 6.07) is 16.1. The number of likely N-dealkylation sites (tertiary alicyclic amines) is 1. The lowest BCUT2D eigenvalue weighted by atomic mass is 9.87. The average Bonchev–Trinajstić information content (AvgIpc) is 3.25.